The van der Waals surface area contributed by atoms with E-state index in [4.69, 9.17) is 35.3 Å². The fraction of sp³-hybridized carbons (Fsp3) is 0.600. The normalized spacial score (nSPS) is 25.0. The van der Waals surface area contributed by atoms with Gasteiger partial charge in [-0.3, -0.25) is 58.2 Å². The van der Waals surface area contributed by atoms with Gasteiger partial charge in [-0.1, -0.05) is 48.4 Å². The fourth-order valence-corrected chi connectivity index (χ4v) is 11.7. The molecule has 5 rings (SSSR count). The lowest BCUT2D eigenvalue weighted by atomic mass is 9.83. The van der Waals surface area contributed by atoms with Crippen LogP contribution in [0.1, 0.15) is 91.5 Å². The summed E-state index contributed by atoms with van der Waals surface area (Å²) in [6.07, 6.45) is 2.70. The number of carbonyl (C=O) groups is 12. The molecule has 10 unspecified atom stereocenters. The largest absolute Gasteiger partial charge is 0.495 e. The first kappa shape index (κ1) is 73.3. The van der Waals surface area contributed by atoms with Crippen LogP contribution in [0.4, 0.5) is 10.5 Å². The van der Waals surface area contributed by atoms with E-state index < -0.39 is 150 Å². The van der Waals surface area contributed by atoms with Crippen LogP contribution in [-0.2, 0) is 78.1 Å². The number of carbonyl (C=O) groups excluding carboxylic acids is 12. The molecule has 4 aliphatic rings. The Balaban J connectivity index is 1.06. The van der Waals surface area contributed by atoms with E-state index in [1.807, 2.05) is 13.0 Å². The Labute approximate surface area is 531 Å². The molecule has 0 radical (unpaired) electrons. The second kappa shape index (κ2) is 34.1. The molecule has 4 aliphatic heterocycles. The number of ether oxygens (including phenoxy) is 5. The Kier molecular flexibility index (Phi) is 27.8. The lowest BCUT2D eigenvalue weighted by Crippen LogP contribution is -2.63. The van der Waals surface area contributed by atoms with Gasteiger partial charge in [-0.05, 0) is 70.7 Å². The van der Waals surface area contributed by atoms with Crippen molar-refractivity contribution in [3.8, 4) is 5.75 Å². The number of rotatable bonds is 28. The van der Waals surface area contributed by atoms with E-state index >= 15 is 0 Å². The van der Waals surface area contributed by atoms with Crippen LogP contribution in [0.15, 0.2) is 48.1 Å². The minimum Gasteiger partial charge on any atom is -0.495 e. The topological polar surface area (TPSA) is 377 Å². The summed E-state index contributed by atoms with van der Waals surface area (Å²) < 4.78 is 29.4. The number of hydrogen-bond acceptors (Lipinski definition) is 20. The first-order valence-corrected chi connectivity index (χ1v) is 30.9. The van der Waals surface area contributed by atoms with Gasteiger partial charge in [0.2, 0.25) is 53.2 Å². The van der Waals surface area contributed by atoms with E-state index in [9.17, 15) is 67.7 Å². The summed E-state index contributed by atoms with van der Waals surface area (Å²) in [5.41, 5.74) is -1.35. The summed E-state index contributed by atoms with van der Waals surface area (Å²) in [6, 6.07) is 2.28. The zero-order valence-corrected chi connectivity index (χ0v) is 53.7. The summed E-state index contributed by atoms with van der Waals surface area (Å²) in [5, 5.41) is 35.1. The Morgan fingerprint density at radius 2 is 1.57 bits per heavy atom. The second-order valence-corrected chi connectivity index (χ2v) is 24.2. The van der Waals surface area contributed by atoms with Gasteiger partial charge in [0.05, 0.1) is 56.8 Å². The number of likely N-dealkylation sites (N-methyl/N-ethyl adjacent to an activating group) is 1. The quantitative estimate of drug-likeness (QED) is 0.0247. The summed E-state index contributed by atoms with van der Waals surface area (Å²) in [5.74, 6) is -7.02. The highest BCUT2D eigenvalue weighted by Crippen LogP contribution is 2.49. The number of thioether (sulfide) groups is 1. The SMILES string of the molecule is C/C=C\C(=O)C(CO)CCNC(=O)CCNC(=O)CNC(=O)CNC(=O)CNC(=O)CCCN1C(=O)CC(SCCC(=O)N(C)C(C)C(=O)OC2CC(=O)N(C)c3cc(cc(OC)c3Cl)C/C(C)=C/C=C/C(OC)C3(O)CC(OC(=O)N3)C(C)C3OC23C)C1=O. The number of allylic oxidation sites excluding steroid dienone is 5. The number of halogens is 1. The molecule has 0 saturated carbocycles. The molecular weight excluding hydrogens is 1220 g/mol. The van der Waals surface area contributed by atoms with Crippen LogP contribution in [-0.4, -0.2) is 218 Å². The van der Waals surface area contributed by atoms with Crippen molar-refractivity contribution in [2.45, 2.75) is 139 Å². The van der Waals surface area contributed by atoms with E-state index in [2.05, 4.69) is 31.9 Å². The van der Waals surface area contributed by atoms with Gasteiger partial charge in [-0.25, -0.2) is 9.59 Å². The highest BCUT2D eigenvalue weighted by Gasteiger charge is 2.64. The highest BCUT2D eigenvalue weighted by atomic mass is 35.5. The van der Waals surface area contributed by atoms with Crippen LogP contribution in [0.3, 0.4) is 0 Å². The molecule has 10 atom stereocenters. The summed E-state index contributed by atoms with van der Waals surface area (Å²) in [6.45, 7) is 6.60. The number of alkyl carbamates (subject to hydrolysis) is 1. The molecule has 0 spiro atoms. The number of imide groups is 1. The number of epoxide rings is 1. The van der Waals surface area contributed by atoms with Crippen molar-refractivity contribution in [1.29, 1.82) is 0 Å². The predicted octanol–water partition coefficient (Wildman–Crippen LogP) is 0.660. The summed E-state index contributed by atoms with van der Waals surface area (Å²) >= 11 is 7.89. The van der Waals surface area contributed by atoms with E-state index in [1.165, 1.54) is 46.2 Å². The highest BCUT2D eigenvalue weighted by molar-refractivity contribution is 8.00. The molecule has 1 aromatic rings. The zero-order valence-electron chi connectivity index (χ0n) is 52.1. The Bertz CT molecular complexity index is 2950. The lowest BCUT2D eigenvalue weighted by molar-refractivity contribution is -0.162. The van der Waals surface area contributed by atoms with Gasteiger partial charge in [0.15, 0.2) is 11.5 Å². The number of aliphatic hydroxyl groups excluding tert-OH is 1. The van der Waals surface area contributed by atoms with E-state index in [0.717, 1.165) is 32.7 Å². The Morgan fingerprint density at radius 1 is 0.922 bits per heavy atom. The van der Waals surface area contributed by atoms with Crippen LogP contribution in [0.5, 0.6) is 5.75 Å². The average Bonchev–Trinajstić information content (AvgIpc) is 1.58. The van der Waals surface area contributed by atoms with Crippen LogP contribution >= 0.6 is 23.4 Å². The number of aliphatic hydroxyl groups is 2. The van der Waals surface area contributed by atoms with Gasteiger partial charge in [0.1, 0.15) is 40.7 Å². The molecule has 496 valence electrons. The van der Waals surface area contributed by atoms with Crippen LogP contribution in [0.25, 0.3) is 0 Å². The number of likely N-dealkylation sites (tertiary alicyclic amines) is 1. The molecule has 0 aliphatic carbocycles. The maximum absolute atomic E-state index is 14.4. The van der Waals surface area contributed by atoms with Gasteiger partial charge in [-0.15, -0.1) is 11.8 Å². The van der Waals surface area contributed by atoms with E-state index in [0.29, 0.717) is 17.9 Å². The maximum atomic E-state index is 14.4. The minimum atomic E-state index is -1.91. The molecule has 28 nitrogen and oxygen atoms in total. The van der Waals surface area contributed by atoms with Crippen molar-refractivity contribution in [3.63, 3.8) is 0 Å². The summed E-state index contributed by atoms with van der Waals surface area (Å²) in [7, 11) is 5.75. The third-order valence-electron chi connectivity index (χ3n) is 15.9. The molecule has 8 N–H and O–H groups in total. The third-order valence-corrected chi connectivity index (χ3v) is 17.5. The van der Waals surface area contributed by atoms with Crippen molar-refractivity contribution in [2.75, 3.05) is 84.8 Å². The molecule has 0 aromatic heterocycles. The smallest absolute Gasteiger partial charge is 0.409 e. The van der Waals surface area contributed by atoms with E-state index in [1.54, 1.807) is 51.1 Å². The molecule has 3 fully saturated rings. The molecule has 10 amide bonds. The number of fused-ring (bicyclic) bond motifs is 5. The first-order valence-electron chi connectivity index (χ1n) is 29.5. The Morgan fingerprint density at radius 3 is 2.21 bits per heavy atom. The molecule has 4 bridgehead atoms. The van der Waals surface area contributed by atoms with Crippen LogP contribution < -0.4 is 41.5 Å². The maximum Gasteiger partial charge on any atom is 0.409 e. The fourth-order valence-electron chi connectivity index (χ4n) is 10.3. The minimum absolute atomic E-state index is 0.0393. The first-order chi connectivity index (χ1) is 42.6. The number of methoxy groups -OCH3 is 2. The monoisotopic (exact) mass is 1300 g/mol. The van der Waals surface area contributed by atoms with Gasteiger partial charge in [0.25, 0.3) is 0 Å². The van der Waals surface area contributed by atoms with Crippen LogP contribution in [0, 0.1) is 11.8 Å². The number of esters is 1. The number of amides is 10. The third kappa shape index (κ3) is 20.5. The predicted molar refractivity (Wildman–Crippen MR) is 327 cm³/mol. The number of hydrogen-bond donors (Lipinski definition) is 8. The van der Waals surface area contributed by atoms with Crippen molar-refractivity contribution < 1.29 is 91.4 Å². The van der Waals surface area contributed by atoms with Crippen molar-refractivity contribution in [2.24, 2.45) is 11.8 Å². The second-order valence-electron chi connectivity index (χ2n) is 22.6. The van der Waals surface area contributed by atoms with Gasteiger partial charge in [0, 0.05) is 90.5 Å². The number of anilines is 1. The van der Waals surface area contributed by atoms with Crippen molar-refractivity contribution >= 4 is 100 Å². The lowest BCUT2D eigenvalue weighted by Gasteiger charge is -2.42. The summed E-state index contributed by atoms with van der Waals surface area (Å²) in [4.78, 5) is 158. The van der Waals surface area contributed by atoms with Crippen molar-refractivity contribution in [3.05, 3.63) is 58.7 Å². The number of nitrogens with zero attached hydrogens (tertiary/aromatic N) is 3. The molecule has 1 aromatic carbocycles. The zero-order chi connectivity index (χ0) is 66.6. The molecule has 3 saturated heterocycles. The standard InChI is InChI=1S/C60H84ClN9O19S/c1-10-13-40(72)38(33-71)17-20-62-47(74)18-21-63-48(75)30-65-50(77)32-66-49(76)31-64-46(73)16-12-22-70-53(80)27-43(56(70)81)90-23-19-51(78)68(6)36(4)57(82)88-45-28-52(79)69(7)39-25-37(26-41(85-8)54(39)61)24-34(2)14-11-15-44(86-9)60(84)29-42(87-58(83)67-60)35(3)55-59(45,5)89-55/h10-11,13-15,25-26,35-36,38,42-45,55,71,84H,12,16-24,27-33H2,1-9H3,(H,62,74)(H,63,75)(H,64,73)(H,65,77)(H,66,76)(H,67,83)/b13-10-,15-11+,34-14+. The van der Waals surface area contributed by atoms with E-state index in [-0.39, 0.29) is 87.7 Å². The number of benzene rings is 1. The molecule has 30 heteroatoms. The Hall–Kier alpha value is -7.44. The molecule has 4 heterocycles. The average molecular weight is 1300 g/mol. The molecule has 90 heavy (non-hydrogen) atoms. The van der Waals surface area contributed by atoms with Gasteiger partial charge >= 0.3 is 12.1 Å². The van der Waals surface area contributed by atoms with Gasteiger partial charge in [-0.2, -0.15) is 0 Å². The van der Waals surface area contributed by atoms with Gasteiger partial charge < -0.3 is 70.3 Å². The molecular formula is C60H84ClN9O19S. The van der Waals surface area contributed by atoms with Crippen molar-refractivity contribution in [1.82, 2.24) is 41.7 Å². The number of ketones is 1. The van der Waals surface area contributed by atoms with Crippen LogP contribution in [0.2, 0.25) is 5.02 Å². The number of nitrogens with one attached hydrogen (secondary N) is 6.